The lowest BCUT2D eigenvalue weighted by Crippen LogP contribution is -2.18. The molecule has 2 aromatic carbocycles. The van der Waals surface area contributed by atoms with E-state index < -0.39 is 11.6 Å². The highest BCUT2D eigenvalue weighted by molar-refractivity contribution is 5.24. The molecule has 0 bridgehead atoms. The fraction of sp³-hybridized carbons (Fsp3) is 0.250. The van der Waals surface area contributed by atoms with Gasteiger partial charge in [0.1, 0.15) is 11.6 Å². The lowest BCUT2D eigenvalue weighted by Gasteiger charge is -2.14. The molecule has 0 spiro atoms. The predicted octanol–water partition coefficient (Wildman–Crippen LogP) is 4.12. The van der Waals surface area contributed by atoms with Gasteiger partial charge in [0.25, 0.3) is 0 Å². The maximum atomic E-state index is 13.1. The van der Waals surface area contributed by atoms with E-state index in [1.807, 2.05) is 13.8 Å². The molecule has 0 unspecified atom stereocenters. The summed E-state index contributed by atoms with van der Waals surface area (Å²) >= 11 is 0. The number of nitrogens with one attached hydrogen (secondary N) is 1. The van der Waals surface area contributed by atoms with Crippen LogP contribution in [0, 0.1) is 18.6 Å². The zero-order chi connectivity index (χ0) is 13.8. The summed E-state index contributed by atoms with van der Waals surface area (Å²) in [4.78, 5) is 0. The number of benzene rings is 2. The highest BCUT2D eigenvalue weighted by Gasteiger charge is 2.06. The molecule has 0 aliphatic heterocycles. The van der Waals surface area contributed by atoms with Gasteiger partial charge in [-0.05, 0) is 37.1 Å². The van der Waals surface area contributed by atoms with Gasteiger partial charge in [-0.1, -0.05) is 29.8 Å². The molecule has 100 valence electrons. The van der Waals surface area contributed by atoms with Crippen LogP contribution >= 0.6 is 0 Å². The van der Waals surface area contributed by atoms with Crippen molar-refractivity contribution in [3.05, 3.63) is 70.8 Å². The Morgan fingerprint density at radius 1 is 1.00 bits per heavy atom. The summed E-state index contributed by atoms with van der Waals surface area (Å²) in [5.41, 5.74) is 2.97. The molecule has 3 heteroatoms. The van der Waals surface area contributed by atoms with E-state index in [4.69, 9.17) is 0 Å². The summed E-state index contributed by atoms with van der Waals surface area (Å²) in [6.07, 6.45) is 0. The van der Waals surface area contributed by atoms with Crippen molar-refractivity contribution in [1.29, 1.82) is 0 Å². The molecule has 1 atom stereocenters. The fourth-order valence-corrected chi connectivity index (χ4v) is 1.96. The Morgan fingerprint density at radius 3 is 2.16 bits per heavy atom. The molecule has 2 rings (SSSR count). The first-order chi connectivity index (χ1) is 9.04. The van der Waals surface area contributed by atoms with E-state index in [9.17, 15) is 8.78 Å². The lowest BCUT2D eigenvalue weighted by molar-refractivity contribution is 0.554. The second-order valence-corrected chi connectivity index (χ2v) is 4.79. The largest absolute Gasteiger partial charge is 0.306 e. The van der Waals surface area contributed by atoms with Crippen LogP contribution in [0.5, 0.6) is 0 Å². The van der Waals surface area contributed by atoms with Gasteiger partial charge in [0.15, 0.2) is 0 Å². The van der Waals surface area contributed by atoms with Crippen molar-refractivity contribution < 1.29 is 8.78 Å². The minimum Gasteiger partial charge on any atom is -0.306 e. The van der Waals surface area contributed by atoms with Gasteiger partial charge in [0.2, 0.25) is 0 Å². The Labute approximate surface area is 112 Å². The first-order valence-corrected chi connectivity index (χ1v) is 6.29. The second-order valence-electron chi connectivity index (χ2n) is 4.79. The van der Waals surface area contributed by atoms with Crippen molar-refractivity contribution in [2.45, 2.75) is 26.4 Å². The number of halogens is 2. The van der Waals surface area contributed by atoms with E-state index in [1.165, 1.54) is 17.7 Å². The smallest absolute Gasteiger partial charge is 0.126 e. The number of rotatable bonds is 4. The van der Waals surface area contributed by atoms with Crippen LogP contribution in [0.25, 0.3) is 0 Å². The van der Waals surface area contributed by atoms with Crippen LogP contribution in [0.15, 0.2) is 42.5 Å². The molecular formula is C16H17F2N. The van der Waals surface area contributed by atoms with Crippen molar-refractivity contribution in [1.82, 2.24) is 5.32 Å². The first-order valence-electron chi connectivity index (χ1n) is 6.29. The normalized spacial score (nSPS) is 12.4. The van der Waals surface area contributed by atoms with Crippen molar-refractivity contribution in [3.8, 4) is 0 Å². The number of aryl methyl sites for hydroxylation is 1. The molecule has 0 saturated heterocycles. The van der Waals surface area contributed by atoms with Crippen LogP contribution < -0.4 is 5.32 Å². The maximum Gasteiger partial charge on any atom is 0.126 e. The SMILES string of the molecule is Cc1ccc([C@H](C)NCc2cc(F)cc(F)c2)cc1. The van der Waals surface area contributed by atoms with Crippen molar-refractivity contribution in [2.24, 2.45) is 0 Å². The van der Waals surface area contributed by atoms with Crippen LogP contribution in [0.3, 0.4) is 0 Å². The Hall–Kier alpha value is -1.74. The van der Waals surface area contributed by atoms with Crippen LogP contribution in [-0.4, -0.2) is 0 Å². The van der Waals surface area contributed by atoms with Gasteiger partial charge in [-0.15, -0.1) is 0 Å². The summed E-state index contributed by atoms with van der Waals surface area (Å²) in [6.45, 7) is 4.50. The third-order valence-corrected chi connectivity index (χ3v) is 3.11. The lowest BCUT2D eigenvalue weighted by atomic mass is 10.1. The monoisotopic (exact) mass is 261 g/mol. The summed E-state index contributed by atoms with van der Waals surface area (Å²) < 4.78 is 26.1. The maximum absolute atomic E-state index is 13.1. The summed E-state index contributed by atoms with van der Waals surface area (Å²) in [7, 11) is 0. The Balaban J connectivity index is 1.99. The van der Waals surface area contributed by atoms with Gasteiger partial charge in [-0.2, -0.15) is 0 Å². The molecule has 0 heterocycles. The quantitative estimate of drug-likeness (QED) is 0.872. The molecule has 0 aromatic heterocycles. The summed E-state index contributed by atoms with van der Waals surface area (Å²) in [5.74, 6) is -1.08. The van der Waals surface area contributed by atoms with Crippen molar-refractivity contribution in [2.75, 3.05) is 0 Å². The van der Waals surface area contributed by atoms with Crippen LogP contribution in [0.2, 0.25) is 0 Å². The van der Waals surface area contributed by atoms with Crippen LogP contribution in [0.4, 0.5) is 8.78 Å². The average Bonchev–Trinajstić information content (AvgIpc) is 2.36. The molecule has 1 nitrogen and oxygen atoms in total. The van der Waals surface area contributed by atoms with Gasteiger partial charge < -0.3 is 5.32 Å². The van der Waals surface area contributed by atoms with Gasteiger partial charge in [-0.25, -0.2) is 8.78 Å². The van der Waals surface area contributed by atoms with Gasteiger partial charge >= 0.3 is 0 Å². The van der Waals surface area contributed by atoms with Gasteiger partial charge in [0.05, 0.1) is 0 Å². The van der Waals surface area contributed by atoms with E-state index in [2.05, 4.69) is 29.6 Å². The first kappa shape index (κ1) is 13.7. The van der Waals surface area contributed by atoms with Crippen LogP contribution in [0.1, 0.15) is 29.7 Å². The minimum atomic E-state index is -0.542. The Morgan fingerprint density at radius 2 is 1.58 bits per heavy atom. The van der Waals surface area contributed by atoms with E-state index in [0.717, 1.165) is 11.6 Å². The molecule has 0 saturated carbocycles. The van der Waals surface area contributed by atoms with Crippen molar-refractivity contribution in [3.63, 3.8) is 0 Å². The van der Waals surface area contributed by atoms with E-state index in [-0.39, 0.29) is 6.04 Å². The number of hydrogen-bond acceptors (Lipinski definition) is 1. The van der Waals surface area contributed by atoms with Crippen molar-refractivity contribution >= 4 is 0 Å². The Bertz CT molecular complexity index is 529. The number of hydrogen-bond donors (Lipinski definition) is 1. The summed E-state index contributed by atoms with van der Waals surface area (Å²) in [5, 5.41) is 3.26. The molecular weight excluding hydrogens is 244 g/mol. The molecule has 0 amide bonds. The molecule has 2 aromatic rings. The van der Waals surface area contributed by atoms with Gasteiger partial charge in [0, 0.05) is 18.7 Å². The van der Waals surface area contributed by atoms with Crippen LogP contribution in [-0.2, 0) is 6.54 Å². The third-order valence-electron chi connectivity index (χ3n) is 3.11. The molecule has 1 N–H and O–H groups in total. The third kappa shape index (κ3) is 3.86. The average molecular weight is 261 g/mol. The zero-order valence-electron chi connectivity index (χ0n) is 11.1. The molecule has 0 aliphatic carbocycles. The van der Waals surface area contributed by atoms with E-state index in [0.29, 0.717) is 12.1 Å². The minimum absolute atomic E-state index is 0.131. The summed E-state index contributed by atoms with van der Waals surface area (Å²) in [6, 6.07) is 11.9. The topological polar surface area (TPSA) is 12.0 Å². The predicted molar refractivity (Wildman–Crippen MR) is 72.8 cm³/mol. The molecule has 0 radical (unpaired) electrons. The molecule has 19 heavy (non-hydrogen) atoms. The zero-order valence-corrected chi connectivity index (χ0v) is 11.1. The highest BCUT2D eigenvalue weighted by Crippen LogP contribution is 2.14. The second kappa shape index (κ2) is 5.93. The fourth-order valence-electron chi connectivity index (χ4n) is 1.96. The highest BCUT2D eigenvalue weighted by atomic mass is 19.1. The standard InChI is InChI=1S/C16H17F2N/c1-11-3-5-14(6-4-11)12(2)19-10-13-7-15(17)9-16(18)8-13/h3-9,12,19H,10H2,1-2H3/t12-/m0/s1. The Kier molecular flexibility index (Phi) is 4.27. The van der Waals surface area contributed by atoms with E-state index in [1.54, 1.807) is 0 Å². The molecule has 0 fully saturated rings. The van der Waals surface area contributed by atoms with E-state index >= 15 is 0 Å². The van der Waals surface area contributed by atoms with Gasteiger partial charge in [-0.3, -0.25) is 0 Å². The molecule has 0 aliphatic rings.